The number of rotatable bonds is 3. The largest absolute Gasteiger partial charge is 0.397 e. The molecule has 1 saturated carbocycles. The van der Waals surface area contributed by atoms with E-state index in [-0.39, 0.29) is 11.3 Å². The van der Waals surface area contributed by atoms with Crippen LogP contribution in [0.2, 0.25) is 0 Å². The van der Waals surface area contributed by atoms with Gasteiger partial charge in [0.05, 0.1) is 16.8 Å². The molecule has 0 radical (unpaired) electrons. The molecule has 1 aliphatic rings. The van der Waals surface area contributed by atoms with Gasteiger partial charge in [-0.3, -0.25) is 4.79 Å². The molecule has 0 aliphatic heterocycles. The van der Waals surface area contributed by atoms with E-state index in [9.17, 15) is 4.79 Å². The van der Waals surface area contributed by atoms with Crippen molar-refractivity contribution in [2.45, 2.75) is 25.2 Å². The summed E-state index contributed by atoms with van der Waals surface area (Å²) in [5, 5.41) is 3.02. The van der Waals surface area contributed by atoms with Gasteiger partial charge in [0.1, 0.15) is 0 Å². The second-order valence-corrected chi connectivity index (χ2v) is 5.44. The summed E-state index contributed by atoms with van der Waals surface area (Å²) in [5.74, 6) is 0.0460. The Labute approximate surface area is 118 Å². The van der Waals surface area contributed by atoms with Gasteiger partial charge in [-0.2, -0.15) is 0 Å². The number of amides is 1. The molecular weight excluding hydrogens is 248 g/mol. The Hall–Kier alpha value is -2.29. The van der Waals surface area contributed by atoms with E-state index in [4.69, 9.17) is 5.73 Å². The van der Waals surface area contributed by atoms with E-state index in [2.05, 4.69) is 5.32 Å². The summed E-state index contributed by atoms with van der Waals surface area (Å²) in [4.78, 5) is 12.6. The van der Waals surface area contributed by atoms with Crippen molar-refractivity contribution in [3.63, 3.8) is 0 Å². The number of hydrogen-bond donors (Lipinski definition) is 2. The zero-order chi connectivity index (χ0) is 14.2. The van der Waals surface area contributed by atoms with Crippen LogP contribution in [0.5, 0.6) is 0 Å². The normalized spacial score (nSPS) is 15.7. The minimum absolute atomic E-state index is 0.0460. The number of para-hydroxylation sites is 1. The smallest absolute Gasteiger partial charge is 0.235 e. The lowest BCUT2D eigenvalue weighted by molar-refractivity contribution is -0.118. The summed E-state index contributed by atoms with van der Waals surface area (Å²) in [6, 6.07) is 15.6. The van der Waals surface area contributed by atoms with Gasteiger partial charge in [0.25, 0.3) is 0 Å². The first-order valence-corrected chi connectivity index (χ1v) is 6.85. The number of benzene rings is 2. The standard InChI is InChI=1S/C17H18N2O/c1-12-6-5-9-14(18)15(12)19-16(20)17(10-11-17)13-7-3-2-4-8-13/h2-9H,10-11,18H2,1H3,(H,19,20). The van der Waals surface area contributed by atoms with Gasteiger partial charge in [0.2, 0.25) is 5.91 Å². The van der Waals surface area contributed by atoms with Crippen LogP contribution in [0.25, 0.3) is 0 Å². The number of hydrogen-bond acceptors (Lipinski definition) is 2. The van der Waals surface area contributed by atoms with Crippen LogP contribution in [-0.2, 0) is 10.2 Å². The Bertz CT molecular complexity index is 625. The summed E-state index contributed by atoms with van der Waals surface area (Å²) in [5.41, 5.74) is 9.02. The maximum absolute atomic E-state index is 12.6. The van der Waals surface area contributed by atoms with Crippen molar-refractivity contribution in [1.82, 2.24) is 0 Å². The average Bonchev–Trinajstić information content (AvgIpc) is 3.25. The molecule has 2 aromatic carbocycles. The third-order valence-electron chi connectivity index (χ3n) is 4.05. The van der Waals surface area contributed by atoms with E-state index in [1.165, 1.54) is 0 Å². The molecular formula is C17H18N2O. The molecule has 3 nitrogen and oxygen atoms in total. The Morgan fingerprint density at radius 3 is 2.40 bits per heavy atom. The number of carbonyl (C=O) groups is 1. The number of anilines is 2. The van der Waals surface area contributed by atoms with Crippen LogP contribution >= 0.6 is 0 Å². The Kier molecular flexibility index (Phi) is 2.97. The SMILES string of the molecule is Cc1cccc(N)c1NC(=O)C1(c2ccccc2)CC1. The van der Waals surface area contributed by atoms with Crippen LogP contribution in [0.3, 0.4) is 0 Å². The summed E-state index contributed by atoms with van der Waals surface area (Å²) in [7, 11) is 0. The fourth-order valence-electron chi connectivity index (χ4n) is 2.62. The molecule has 3 N–H and O–H groups in total. The number of nitrogen functional groups attached to an aromatic ring is 1. The van der Waals surface area contributed by atoms with Gasteiger partial charge in [0.15, 0.2) is 0 Å². The van der Waals surface area contributed by atoms with E-state index >= 15 is 0 Å². The van der Waals surface area contributed by atoms with Gasteiger partial charge in [-0.05, 0) is 37.0 Å². The quantitative estimate of drug-likeness (QED) is 0.838. The van der Waals surface area contributed by atoms with Crippen molar-refractivity contribution in [2.75, 3.05) is 11.1 Å². The molecule has 3 rings (SSSR count). The highest BCUT2D eigenvalue weighted by atomic mass is 16.2. The Morgan fingerprint density at radius 2 is 1.80 bits per heavy atom. The first kappa shape index (κ1) is 12.7. The first-order chi connectivity index (χ1) is 9.63. The molecule has 102 valence electrons. The lowest BCUT2D eigenvalue weighted by Crippen LogP contribution is -2.28. The zero-order valence-electron chi connectivity index (χ0n) is 11.5. The molecule has 1 fully saturated rings. The highest BCUT2D eigenvalue weighted by Crippen LogP contribution is 2.49. The molecule has 0 aromatic heterocycles. The second kappa shape index (κ2) is 4.67. The van der Waals surface area contributed by atoms with E-state index < -0.39 is 0 Å². The number of carbonyl (C=O) groups excluding carboxylic acids is 1. The van der Waals surface area contributed by atoms with Gasteiger partial charge < -0.3 is 11.1 Å². The van der Waals surface area contributed by atoms with Crippen LogP contribution in [0, 0.1) is 6.92 Å². The molecule has 0 saturated heterocycles. The molecule has 0 bridgehead atoms. The molecule has 1 aliphatic carbocycles. The van der Waals surface area contributed by atoms with Crippen LogP contribution in [0.1, 0.15) is 24.0 Å². The maximum Gasteiger partial charge on any atom is 0.235 e. The summed E-state index contributed by atoms with van der Waals surface area (Å²) >= 11 is 0. The lowest BCUT2D eigenvalue weighted by atomic mass is 9.95. The van der Waals surface area contributed by atoms with E-state index in [1.807, 2.05) is 55.5 Å². The summed E-state index contributed by atoms with van der Waals surface area (Å²) < 4.78 is 0. The maximum atomic E-state index is 12.6. The van der Waals surface area contributed by atoms with Crippen molar-refractivity contribution in [3.05, 3.63) is 59.7 Å². The molecule has 1 amide bonds. The zero-order valence-corrected chi connectivity index (χ0v) is 11.5. The third kappa shape index (κ3) is 2.05. The molecule has 0 unspecified atom stereocenters. The average molecular weight is 266 g/mol. The van der Waals surface area contributed by atoms with Crippen molar-refractivity contribution in [2.24, 2.45) is 0 Å². The van der Waals surface area contributed by atoms with E-state index in [1.54, 1.807) is 0 Å². The predicted octanol–water partition coefficient (Wildman–Crippen LogP) is 3.25. The first-order valence-electron chi connectivity index (χ1n) is 6.85. The van der Waals surface area contributed by atoms with E-state index in [0.717, 1.165) is 29.7 Å². The van der Waals surface area contributed by atoms with Crippen molar-refractivity contribution in [3.8, 4) is 0 Å². The highest BCUT2D eigenvalue weighted by molar-refractivity contribution is 6.03. The second-order valence-electron chi connectivity index (χ2n) is 5.44. The van der Waals surface area contributed by atoms with E-state index in [0.29, 0.717) is 5.69 Å². The van der Waals surface area contributed by atoms with Crippen molar-refractivity contribution < 1.29 is 4.79 Å². The monoisotopic (exact) mass is 266 g/mol. The fourth-order valence-corrected chi connectivity index (χ4v) is 2.62. The van der Waals surface area contributed by atoms with Crippen molar-refractivity contribution in [1.29, 1.82) is 0 Å². The van der Waals surface area contributed by atoms with Gasteiger partial charge in [-0.1, -0.05) is 42.5 Å². The van der Waals surface area contributed by atoms with Crippen molar-refractivity contribution >= 4 is 17.3 Å². The Balaban J connectivity index is 1.88. The van der Waals surface area contributed by atoms with Crippen LogP contribution in [0.4, 0.5) is 11.4 Å². The molecule has 3 heteroatoms. The molecule has 0 atom stereocenters. The molecule has 0 heterocycles. The van der Waals surface area contributed by atoms with Gasteiger partial charge in [-0.25, -0.2) is 0 Å². The Morgan fingerprint density at radius 1 is 1.10 bits per heavy atom. The van der Waals surface area contributed by atoms with Crippen LogP contribution in [0.15, 0.2) is 48.5 Å². The van der Waals surface area contributed by atoms with Gasteiger partial charge in [-0.15, -0.1) is 0 Å². The predicted molar refractivity (Wildman–Crippen MR) is 81.6 cm³/mol. The number of aryl methyl sites for hydroxylation is 1. The number of nitrogens with one attached hydrogen (secondary N) is 1. The van der Waals surface area contributed by atoms with Gasteiger partial charge >= 0.3 is 0 Å². The molecule has 2 aromatic rings. The summed E-state index contributed by atoms with van der Waals surface area (Å²) in [6.07, 6.45) is 1.79. The molecule has 20 heavy (non-hydrogen) atoms. The fraction of sp³-hybridized carbons (Fsp3) is 0.235. The molecule has 0 spiro atoms. The van der Waals surface area contributed by atoms with Crippen LogP contribution < -0.4 is 11.1 Å². The highest BCUT2D eigenvalue weighted by Gasteiger charge is 2.51. The topological polar surface area (TPSA) is 55.1 Å². The van der Waals surface area contributed by atoms with Gasteiger partial charge in [0, 0.05) is 0 Å². The minimum atomic E-state index is -0.365. The van der Waals surface area contributed by atoms with Crippen LogP contribution in [-0.4, -0.2) is 5.91 Å². The third-order valence-corrected chi connectivity index (χ3v) is 4.05. The lowest BCUT2D eigenvalue weighted by Gasteiger charge is -2.18. The minimum Gasteiger partial charge on any atom is -0.397 e. The number of nitrogens with two attached hydrogens (primary N) is 1. The summed E-state index contributed by atoms with van der Waals surface area (Å²) in [6.45, 7) is 1.95.